The van der Waals surface area contributed by atoms with Crippen molar-refractivity contribution < 1.29 is 26.9 Å². The van der Waals surface area contributed by atoms with Crippen molar-refractivity contribution in [3.63, 3.8) is 0 Å². The maximum absolute atomic E-state index is 10.5. The summed E-state index contributed by atoms with van der Waals surface area (Å²) in [6.45, 7) is 5.88. The first-order valence-electron chi connectivity index (χ1n) is 4.20. The number of hydrogen-bond acceptors (Lipinski definition) is 1. The Morgan fingerprint density at radius 3 is 2.07 bits per heavy atom. The summed E-state index contributed by atoms with van der Waals surface area (Å²) in [5.74, 6) is -0.806. The zero-order chi connectivity index (χ0) is 10.0. The summed E-state index contributed by atoms with van der Waals surface area (Å²) in [6.07, 6.45) is 0. The highest BCUT2D eigenvalue weighted by molar-refractivity contribution is 5.64. The zero-order valence-corrected chi connectivity index (χ0v) is 9.30. The fraction of sp³-hybridized carbons (Fsp3) is 0.400. The third kappa shape index (κ3) is 3.00. The number of aryl methyl sites for hydroxylation is 3. The third-order valence-corrected chi connectivity index (χ3v) is 2.02. The molecule has 1 N–H and O–H groups in total. The van der Waals surface area contributed by atoms with Gasteiger partial charge < -0.3 is 17.5 Å². The lowest BCUT2D eigenvalue weighted by Gasteiger charge is -2.02. The molecule has 0 fully saturated rings. The van der Waals surface area contributed by atoms with Gasteiger partial charge in [0.15, 0.2) is 11.4 Å². The van der Waals surface area contributed by atoms with Crippen molar-refractivity contribution in [1.82, 2.24) is 0 Å². The van der Waals surface area contributed by atoms with Crippen LogP contribution in [-0.4, -0.2) is 11.1 Å². The van der Waals surface area contributed by atoms with Gasteiger partial charge in [0.2, 0.25) is 6.54 Å². The molecule has 0 amide bonds. The fourth-order valence-corrected chi connectivity index (χ4v) is 1.52. The number of nitrogens with zero attached hydrogens (tertiary/aromatic N) is 1. The van der Waals surface area contributed by atoms with E-state index in [1.165, 1.54) is 0 Å². The normalized spacial score (nSPS) is 9.36. The first-order chi connectivity index (χ1) is 6.00. The second kappa shape index (κ2) is 4.96. The van der Waals surface area contributed by atoms with Gasteiger partial charge in [0.25, 0.3) is 0 Å². The van der Waals surface area contributed by atoms with Crippen molar-refractivity contribution in [1.29, 1.82) is 0 Å². The van der Waals surface area contributed by atoms with E-state index in [2.05, 4.69) is 0 Å². The van der Waals surface area contributed by atoms with Crippen LogP contribution < -0.4 is 17.0 Å². The third-order valence-electron chi connectivity index (χ3n) is 2.02. The quantitative estimate of drug-likeness (QED) is 0.580. The lowest BCUT2D eigenvalue weighted by atomic mass is 10.2. The van der Waals surface area contributed by atoms with Gasteiger partial charge in [0.05, 0.1) is 0 Å². The largest absolute Gasteiger partial charge is 1.00 e. The smallest absolute Gasteiger partial charge is 0.370 e. The highest BCUT2D eigenvalue weighted by Crippen LogP contribution is 2.01. The van der Waals surface area contributed by atoms with Crippen LogP contribution in [0.15, 0.2) is 12.1 Å². The molecule has 0 aliphatic carbocycles. The predicted molar refractivity (Wildman–Crippen MR) is 48.5 cm³/mol. The molecule has 0 atom stereocenters. The maximum Gasteiger partial charge on any atom is 0.370 e. The number of aliphatic carboxylic acids is 1. The van der Waals surface area contributed by atoms with Crippen LogP contribution in [0.5, 0.6) is 0 Å². The molecule has 0 aliphatic rings. The van der Waals surface area contributed by atoms with E-state index in [1.807, 2.05) is 32.9 Å². The van der Waals surface area contributed by atoms with Crippen LogP contribution in [0.2, 0.25) is 0 Å². The fourth-order valence-electron chi connectivity index (χ4n) is 1.52. The number of carboxylic acid groups (broad SMARTS) is 1. The Labute approximate surface area is 89.8 Å². The van der Waals surface area contributed by atoms with E-state index in [-0.39, 0.29) is 19.0 Å². The van der Waals surface area contributed by atoms with E-state index < -0.39 is 5.97 Å². The molecule has 78 valence electrons. The first-order valence-corrected chi connectivity index (χ1v) is 4.20. The number of hydrogen-bond donors (Lipinski definition) is 1. The number of halogens is 1. The molecule has 0 unspecified atom stereocenters. The Bertz CT molecular complexity index is 327. The highest BCUT2D eigenvalue weighted by atomic mass is 35.5. The summed E-state index contributed by atoms with van der Waals surface area (Å²) >= 11 is 0. The van der Waals surface area contributed by atoms with Crippen molar-refractivity contribution in [3.8, 4) is 0 Å². The highest BCUT2D eigenvalue weighted by Gasteiger charge is 2.14. The van der Waals surface area contributed by atoms with Gasteiger partial charge in [-0.3, -0.25) is 0 Å². The Hall–Kier alpha value is -1.09. The SMILES string of the molecule is Cc1cc(C)[n+](CC(=O)O)c(C)c1.[Cl-]. The molecule has 4 heteroatoms. The molecule has 0 bridgehead atoms. The van der Waals surface area contributed by atoms with E-state index in [4.69, 9.17) is 5.11 Å². The minimum atomic E-state index is -0.806. The second-order valence-electron chi connectivity index (χ2n) is 3.30. The van der Waals surface area contributed by atoms with Crippen molar-refractivity contribution >= 4 is 5.97 Å². The summed E-state index contributed by atoms with van der Waals surface area (Å²) < 4.78 is 1.79. The maximum atomic E-state index is 10.5. The van der Waals surface area contributed by atoms with Crippen LogP contribution in [0.25, 0.3) is 0 Å². The van der Waals surface area contributed by atoms with Crippen molar-refractivity contribution in [2.24, 2.45) is 0 Å². The van der Waals surface area contributed by atoms with Gasteiger partial charge in [-0.2, -0.15) is 4.57 Å². The average molecular weight is 216 g/mol. The van der Waals surface area contributed by atoms with E-state index >= 15 is 0 Å². The standard InChI is InChI=1S/C10H13NO2.ClH/c1-7-4-8(2)11(6-10(12)13)9(3)5-7;/h4-5H,6H2,1-3H3;1H. The number of pyridine rings is 1. The Morgan fingerprint density at radius 1 is 1.29 bits per heavy atom. The predicted octanol–water partition coefficient (Wildman–Crippen LogP) is -2.01. The molecule has 1 rings (SSSR count). The molecular formula is C10H14ClNO2. The number of carbonyl (C=O) groups is 1. The molecule has 0 aliphatic heterocycles. The molecule has 0 spiro atoms. The van der Waals surface area contributed by atoms with Crippen LogP contribution in [0.3, 0.4) is 0 Å². The van der Waals surface area contributed by atoms with Crippen molar-refractivity contribution in [2.75, 3.05) is 0 Å². The summed E-state index contributed by atoms with van der Waals surface area (Å²) in [4.78, 5) is 10.5. The minimum absolute atomic E-state index is 0. The topological polar surface area (TPSA) is 41.2 Å². The van der Waals surface area contributed by atoms with Gasteiger partial charge in [-0.15, -0.1) is 0 Å². The van der Waals surface area contributed by atoms with Crippen molar-refractivity contribution in [3.05, 3.63) is 29.1 Å². The van der Waals surface area contributed by atoms with Crippen LogP contribution in [0, 0.1) is 20.8 Å². The summed E-state index contributed by atoms with van der Waals surface area (Å²) in [7, 11) is 0. The zero-order valence-electron chi connectivity index (χ0n) is 8.54. The number of aromatic nitrogens is 1. The molecule has 0 saturated carbocycles. The van der Waals surface area contributed by atoms with Gasteiger partial charge in [0.1, 0.15) is 0 Å². The molecule has 0 radical (unpaired) electrons. The summed E-state index contributed by atoms with van der Waals surface area (Å²) in [5.41, 5.74) is 3.14. The molecule has 3 nitrogen and oxygen atoms in total. The summed E-state index contributed by atoms with van der Waals surface area (Å²) in [5, 5.41) is 8.66. The molecule has 14 heavy (non-hydrogen) atoms. The van der Waals surface area contributed by atoms with Crippen LogP contribution >= 0.6 is 0 Å². The molecule has 0 saturated heterocycles. The lowest BCUT2D eigenvalue weighted by Crippen LogP contribution is -3.00. The van der Waals surface area contributed by atoms with Gasteiger partial charge in [-0.05, 0) is 12.5 Å². The van der Waals surface area contributed by atoms with Crippen LogP contribution in [0.4, 0.5) is 0 Å². The van der Waals surface area contributed by atoms with Gasteiger partial charge >= 0.3 is 5.97 Å². The number of carboxylic acids is 1. The van der Waals surface area contributed by atoms with Crippen LogP contribution in [0.1, 0.15) is 17.0 Å². The van der Waals surface area contributed by atoms with E-state index in [0.29, 0.717) is 0 Å². The summed E-state index contributed by atoms with van der Waals surface area (Å²) in [6, 6.07) is 3.96. The molecule has 1 aromatic rings. The number of rotatable bonds is 2. The van der Waals surface area contributed by atoms with Crippen LogP contribution in [-0.2, 0) is 11.3 Å². The van der Waals surface area contributed by atoms with Gasteiger partial charge in [-0.25, -0.2) is 4.79 Å². The monoisotopic (exact) mass is 215 g/mol. The van der Waals surface area contributed by atoms with Gasteiger partial charge in [-0.1, -0.05) is 0 Å². The first kappa shape index (κ1) is 12.9. The average Bonchev–Trinajstić information content (AvgIpc) is 1.96. The van der Waals surface area contributed by atoms with Crippen molar-refractivity contribution in [2.45, 2.75) is 27.3 Å². The Balaban J connectivity index is 0.00000169. The minimum Gasteiger partial charge on any atom is -1.00 e. The lowest BCUT2D eigenvalue weighted by molar-refractivity contribution is -0.697. The Kier molecular flexibility index (Phi) is 4.57. The molecule has 0 aromatic carbocycles. The molecule has 1 aromatic heterocycles. The Morgan fingerprint density at radius 2 is 1.71 bits per heavy atom. The molecule has 1 heterocycles. The van der Waals surface area contributed by atoms with E-state index in [9.17, 15) is 4.79 Å². The second-order valence-corrected chi connectivity index (χ2v) is 3.30. The van der Waals surface area contributed by atoms with E-state index in [1.54, 1.807) is 4.57 Å². The van der Waals surface area contributed by atoms with E-state index in [0.717, 1.165) is 17.0 Å². The molecular weight excluding hydrogens is 202 g/mol. The van der Waals surface area contributed by atoms with Gasteiger partial charge in [0, 0.05) is 26.0 Å².